The molecule has 1 aromatic heterocycles. The molecule has 2 atom stereocenters. The standard InChI is InChI=1S/C15H24F3N5O/c1-9(13(24)20-14(2,3)4)19-8-11-21-22-12-10(15(16,17)18)6-5-7-23(11)12/h9-10,19H,5-8H2,1-4H3,(H,20,24)/t9-,10+/m1/s1. The first-order valence-electron chi connectivity index (χ1n) is 8.03. The van der Waals surface area contributed by atoms with Crippen molar-refractivity contribution in [2.45, 2.75) is 77.3 Å². The average Bonchev–Trinajstić information content (AvgIpc) is 2.84. The molecule has 0 fully saturated rings. The summed E-state index contributed by atoms with van der Waals surface area (Å²) in [4.78, 5) is 12.0. The lowest BCUT2D eigenvalue weighted by Gasteiger charge is -2.26. The minimum atomic E-state index is -4.31. The van der Waals surface area contributed by atoms with Crippen molar-refractivity contribution in [3.8, 4) is 0 Å². The van der Waals surface area contributed by atoms with E-state index < -0.39 is 18.1 Å². The first kappa shape index (κ1) is 18.7. The molecule has 1 aliphatic heterocycles. The molecule has 0 aromatic carbocycles. The van der Waals surface area contributed by atoms with E-state index in [-0.39, 0.29) is 30.2 Å². The number of amides is 1. The van der Waals surface area contributed by atoms with Crippen molar-refractivity contribution in [2.24, 2.45) is 0 Å². The van der Waals surface area contributed by atoms with E-state index in [4.69, 9.17) is 0 Å². The Labute approximate surface area is 139 Å². The summed E-state index contributed by atoms with van der Waals surface area (Å²) in [5, 5.41) is 13.5. The maximum atomic E-state index is 13.1. The van der Waals surface area contributed by atoms with Gasteiger partial charge in [-0.3, -0.25) is 10.1 Å². The van der Waals surface area contributed by atoms with Crippen molar-refractivity contribution >= 4 is 5.91 Å². The van der Waals surface area contributed by atoms with E-state index in [2.05, 4.69) is 20.8 Å². The molecule has 136 valence electrons. The molecule has 0 bridgehead atoms. The Morgan fingerprint density at radius 3 is 2.58 bits per heavy atom. The number of hydrogen-bond donors (Lipinski definition) is 2. The van der Waals surface area contributed by atoms with Crippen molar-refractivity contribution in [3.63, 3.8) is 0 Å². The van der Waals surface area contributed by atoms with Crippen molar-refractivity contribution in [1.29, 1.82) is 0 Å². The van der Waals surface area contributed by atoms with Crippen LogP contribution in [-0.2, 0) is 17.9 Å². The van der Waals surface area contributed by atoms with E-state index >= 15 is 0 Å². The number of alkyl halides is 3. The monoisotopic (exact) mass is 347 g/mol. The van der Waals surface area contributed by atoms with Gasteiger partial charge in [0.2, 0.25) is 5.91 Å². The molecule has 2 rings (SSSR count). The van der Waals surface area contributed by atoms with Crippen molar-refractivity contribution in [2.75, 3.05) is 0 Å². The first-order valence-corrected chi connectivity index (χ1v) is 8.03. The molecule has 0 saturated heterocycles. The number of nitrogens with zero attached hydrogens (tertiary/aromatic N) is 3. The third-order valence-corrected chi connectivity index (χ3v) is 3.90. The molecule has 9 heteroatoms. The van der Waals surface area contributed by atoms with Gasteiger partial charge in [-0.25, -0.2) is 0 Å². The first-order chi connectivity index (χ1) is 11.0. The van der Waals surface area contributed by atoms with Crippen LogP contribution in [0.15, 0.2) is 0 Å². The van der Waals surface area contributed by atoms with Crippen LogP contribution in [0.5, 0.6) is 0 Å². The third-order valence-electron chi connectivity index (χ3n) is 3.90. The summed E-state index contributed by atoms with van der Waals surface area (Å²) in [5.74, 6) is -1.34. The minimum Gasteiger partial charge on any atom is -0.350 e. The van der Waals surface area contributed by atoms with Crippen LogP contribution in [0.4, 0.5) is 13.2 Å². The molecule has 0 unspecified atom stereocenters. The SMILES string of the molecule is C[C@@H](NCc1nnc2n1CCC[C@@H]2C(F)(F)F)C(=O)NC(C)(C)C. The van der Waals surface area contributed by atoms with Crippen molar-refractivity contribution in [3.05, 3.63) is 11.6 Å². The normalized spacial score (nSPS) is 19.7. The van der Waals surface area contributed by atoms with Gasteiger partial charge in [0.05, 0.1) is 12.6 Å². The fraction of sp³-hybridized carbons (Fsp3) is 0.800. The smallest absolute Gasteiger partial charge is 0.350 e. The number of nitrogens with one attached hydrogen (secondary N) is 2. The lowest BCUT2D eigenvalue weighted by atomic mass is 9.98. The topological polar surface area (TPSA) is 71.8 Å². The molecule has 1 aromatic rings. The fourth-order valence-electron chi connectivity index (χ4n) is 2.69. The van der Waals surface area contributed by atoms with Crippen molar-refractivity contribution in [1.82, 2.24) is 25.4 Å². The summed E-state index contributed by atoms with van der Waals surface area (Å²) in [5.41, 5.74) is -0.346. The maximum absolute atomic E-state index is 13.1. The molecular formula is C15H24F3N5O. The lowest BCUT2D eigenvalue weighted by molar-refractivity contribution is -0.156. The Hall–Kier alpha value is -1.64. The van der Waals surface area contributed by atoms with E-state index in [1.54, 1.807) is 6.92 Å². The molecule has 0 aliphatic carbocycles. The highest BCUT2D eigenvalue weighted by Crippen LogP contribution is 2.40. The zero-order valence-electron chi connectivity index (χ0n) is 14.4. The number of carbonyl (C=O) groups is 1. The summed E-state index contributed by atoms with van der Waals surface area (Å²) in [6.45, 7) is 8.00. The Kier molecular flexibility index (Phi) is 5.22. The van der Waals surface area contributed by atoms with Crippen LogP contribution in [0, 0.1) is 0 Å². The van der Waals surface area contributed by atoms with Gasteiger partial charge in [0.1, 0.15) is 17.6 Å². The van der Waals surface area contributed by atoms with Gasteiger partial charge in [-0.05, 0) is 40.5 Å². The molecular weight excluding hydrogens is 323 g/mol. The molecule has 24 heavy (non-hydrogen) atoms. The quantitative estimate of drug-likeness (QED) is 0.875. The van der Waals surface area contributed by atoms with Gasteiger partial charge in [-0.2, -0.15) is 13.2 Å². The molecule has 6 nitrogen and oxygen atoms in total. The second-order valence-corrected chi connectivity index (χ2v) is 7.20. The second-order valence-electron chi connectivity index (χ2n) is 7.20. The lowest BCUT2D eigenvalue weighted by Crippen LogP contribution is -2.49. The summed E-state index contributed by atoms with van der Waals surface area (Å²) >= 11 is 0. The molecule has 0 spiro atoms. The number of halogens is 3. The Morgan fingerprint density at radius 1 is 1.33 bits per heavy atom. The van der Waals surface area contributed by atoms with Gasteiger partial charge in [-0.15, -0.1) is 10.2 Å². The van der Waals surface area contributed by atoms with E-state index in [9.17, 15) is 18.0 Å². The zero-order chi connectivity index (χ0) is 18.1. The molecule has 0 radical (unpaired) electrons. The second kappa shape index (κ2) is 6.70. The third kappa shape index (κ3) is 4.46. The molecule has 2 heterocycles. The van der Waals surface area contributed by atoms with Gasteiger partial charge in [0.25, 0.3) is 0 Å². The predicted octanol–water partition coefficient (Wildman–Crippen LogP) is 2.11. The minimum absolute atomic E-state index is 0.0302. The number of carbonyl (C=O) groups excluding carboxylic acids is 1. The van der Waals surface area contributed by atoms with Gasteiger partial charge in [0, 0.05) is 12.1 Å². The van der Waals surface area contributed by atoms with Crippen LogP contribution in [0.1, 0.15) is 58.1 Å². The van der Waals surface area contributed by atoms with Gasteiger partial charge in [-0.1, -0.05) is 0 Å². The highest BCUT2D eigenvalue weighted by atomic mass is 19.4. The van der Waals surface area contributed by atoms with Crippen molar-refractivity contribution < 1.29 is 18.0 Å². The van der Waals surface area contributed by atoms with E-state index in [0.29, 0.717) is 18.8 Å². The molecule has 1 amide bonds. The molecule has 2 N–H and O–H groups in total. The fourth-order valence-corrected chi connectivity index (χ4v) is 2.69. The van der Waals surface area contributed by atoms with E-state index in [1.807, 2.05) is 20.8 Å². The average molecular weight is 347 g/mol. The molecule has 1 aliphatic rings. The van der Waals surface area contributed by atoms with Gasteiger partial charge in [0.15, 0.2) is 0 Å². The van der Waals surface area contributed by atoms with Crippen LogP contribution in [0.2, 0.25) is 0 Å². The largest absolute Gasteiger partial charge is 0.398 e. The summed E-state index contributed by atoms with van der Waals surface area (Å²) in [6, 6.07) is -0.487. The van der Waals surface area contributed by atoms with E-state index in [0.717, 1.165) is 0 Å². The number of fused-ring (bicyclic) bond motifs is 1. The molecule has 0 saturated carbocycles. The zero-order valence-corrected chi connectivity index (χ0v) is 14.4. The van der Waals surface area contributed by atoms with Crippen LogP contribution in [0.25, 0.3) is 0 Å². The summed E-state index contributed by atoms with van der Waals surface area (Å²) < 4.78 is 40.7. The van der Waals surface area contributed by atoms with Crippen LogP contribution >= 0.6 is 0 Å². The highest BCUT2D eigenvalue weighted by molar-refractivity contribution is 5.81. The van der Waals surface area contributed by atoms with Crippen LogP contribution in [-0.4, -0.2) is 38.4 Å². The van der Waals surface area contributed by atoms with Gasteiger partial charge < -0.3 is 9.88 Å². The Bertz CT molecular complexity index is 591. The summed E-state index contributed by atoms with van der Waals surface area (Å²) in [6.07, 6.45) is -3.84. The number of aromatic nitrogens is 3. The Balaban J connectivity index is 2.02. The predicted molar refractivity (Wildman–Crippen MR) is 82.2 cm³/mol. The number of hydrogen-bond acceptors (Lipinski definition) is 4. The van der Waals surface area contributed by atoms with Gasteiger partial charge >= 0.3 is 6.18 Å². The van der Waals surface area contributed by atoms with Crippen LogP contribution in [0.3, 0.4) is 0 Å². The maximum Gasteiger partial charge on any atom is 0.398 e. The van der Waals surface area contributed by atoms with Crippen LogP contribution < -0.4 is 10.6 Å². The highest BCUT2D eigenvalue weighted by Gasteiger charge is 2.45. The number of rotatable bonds is 4. The van der Waals surface area contributed by atoms with E-state index in [1.165, 1.54) is 4.57 Å². The summed E-state index contributed by atoms with van der Waals surface area (Å²) in [7, 11) is 0. The Morgan fingerprint density at radius 2 is 2.00 bits per heavy atom.